The van der Waals surface area contributed by atoms with Crippen molar-refractivity contribution in [1.82, 2.24) is 4.98 Å². The summed E-state index contributed by atoms with van der Waals surface area (Å²) in [6.07, 6.45) is 2.68. The van der Waals surface area contributed by atoms with Gasteiger partial charge in [-0.3, -0.25) is 4.79 Å². The van der Waals surface area contributed by atoms with Crippen molar-refractivity contribution in [3.05, 3.63) is 53.6 Å². The number of aromatic nitrogens is 1. The van der Waals surface area contributed by atoms with Crippen molar-refractivity contribution in [3.63, 3.8) is 0 Å². The zero-order chi connectivity index (χ0) is 16.1. The highest BCUT2D eigenvalue weighted by atomic mass is 32.1. The lowest BCUT2D eigenvalue weighted by atomic mass is 10.1. The van der Waals surface area contributed by atoms with E-state index in [-0.39, 0.29) is 5.91 Å². The number of methoxy groups -OCH3 is 1. The molecule has 23 heavy (non-hydrogen) atoms. The number of amides is 1. The minimum atomic E-state index is -0.0545. The molecule has 1 amide bonds. The van der Waals surface area contributed by atoms with Gasteiger partial charge in [0.05, 0.1) is 13.4 Å². The summed E-state index contributed by atoms with van der Waals surface area (Å²) < 4.78 is 10.4. The first kappa shape index (κ1) is 15.3. The highest BCUT2D eigenvalue weighted by molar-refractivity contribution is 7.14. The molecule has 5 nitrogen and oxygen atoms in total. The first-order valence-corrected chi connectivity index (χ1v) is 8.05. The Bertz CT molecular complexity index is 764. The zero-order valence-corrected chi connectivity index (χ0v) is 13.4. The lowest BCUT2D eigenvalue weighted by molar-refractivity contribution is -0.116. The Hall–Kier alpha value is -2.60. The van der Waals surface area contributed by atoms with E-state index in [1.54, 1.807) is 13.4 Å². The maximum atomic E-state index is 12.0. The normalized spacial score (nSPS) is 10.5. The van der Waals surface area contributed by atoms with Crippen molar-refractivity contribution in [2.75, 3.05) is 12.4 Å². The Labute approximate surface area is 137 Å². The maximum Gasteiger partial charge on any atom is 0.226 e. The number of aryl methyl sites for hydroxylation is 1. The van der Waals surface area contributed by atoms with Gasteiger partial charge in [-0.25, -0.2) is 4.98 Å². The highest BCUT2D eigenvalue weighted by Crippen LogP contribution is 2.25. The van der Waals surface area contributed by atoms with Crippen LogP contribution in [0.3, 0.4) is 0 Å². The largest absolute Gasteiger partial charge is 0.497 e. The standard InChI is InChI=1S/C17H16N2O3S/c1-21-13-7-4-12(5-8-13)6-9-16(20)19-17-18-14(11-23-17)15-3-2-10-22-15/h2-5,7-8,10-11H,6,9H2,1H3,(H,18,19,20). The van der Waals surface area contributed by atoms with Gasteiger partial charge < -0.3 is 14.5 Å². The number of anilines is 1. The lowest BCUT2D eigenvalue weighted by Crippen LogP contribution is -2.12. The van der Waals surface area contributed by atoms with Crippen molar-refractivity contribution < 1.29 is 13.9 Å². The monoisotopic (exact) mass is 328 g/mol. The molecule has 3 rings (SSSR count). The molecular formula is C17H16N2O3S. The summed E-state index contributed by atoms with van der Waals surface area (Å²) >= 11 is 1.38. The lowest BCUT2D eigenvalue weighted by Gasteiger charge is -2.04. The molecule has 118 valence electrons. The summed E-state index contributed by atoms with van der Waals surface area (Å²) in [5, 5.41) is 5.26. The predicted molar refractivity (Wildman–Crippen MR) is 89.8 cm³/mol. The number of hydrogen-bond donors (Lipinski definition) is 1. The molecule has 3 aromatic rings. The van der Waals surface area contributed by atoms with E-state index in [2.05, 4.69) is 10.3 Å². The molecule has 0 aliphatic rings. The molecule has 0 aliphatic heterocycles. The topological polar surface area (TPSA) is 64.4 Å². The molecule has 6 heteroatoms. The second kappa shape index (κ2) is 7.11. The molecule has 0 unspecified atom stereocenters. The van der Waals surface area contributed by atoms with Crippen molar-refractivity contribution in [3.8, 4) is 17.2 Å². The van der Waals surface area contributed by atoms with Crippen molar-refractivity contribution in [2.24, 2.45) is 0 Å². The number of hydrogen-bond acceptors (Lipinski definition) is 5. The van der Waals surface area contributed by atoms with Gasteiger partial charge in [-0.1, -0.05) is 12.1 Å². The first-order valence-electron chi connectivity index (χ1n) is 7.17. The first-order chi connectivity index (χ1) is 11.2. The molecule has 1 N–H and O–H groups in total. The summed E-state index contributed by atoms with van der Waals surface area (Å²) in [4.78, 5) is 16.4. The van der Waals surface area contributed by atoms with Crippen molar-refractivity contribution in [1.29, 1.82) is 0 Å². The number of carbonyl (C=O) groups is 1. The van der Waals surface area contributed by atoms with E-state index in [9.17, 15) is 4.79 Å². The van der Waals surface area contributed by atoms with Crippen LogP contribution in [0.2, 0.25) is 0 Å². The summed E-state index contributed by atoms with van der Waals surface area (Å²) in [6, 6.07) is 11.4. The number of furan rings is 1. The zero-order valence-electron chi connectivity index (χ0n) is 12.6. The molecule has 0 saturated heterocycles. The fraction of sp³-hybridized carbons (Fsp3) is 0.176. The van der Waals surface area contributed by atoms with Crippen LogP contribution in [0.5, 0.6) is 5.75 Å². The fourth-order valence-electron chi connectivity index (χ4n) is 2.10. The highest BCUT2D eigenvalue weighted by Gasteiger charge is 2.09. The molecule has 0 aliphatic carbocycles. The number of ether oxygens (including phenoxy) is 1. The number of carbonyl (C=O) groups excluding carboxylic acids is 1. The van der Waals surface area contributed by atoms with Crippen LogP contribution in [0, 0.1) is 0 Å². The minimum Gasteiger partial charge on any atom is -0.497 e. The van der Waals surface area contributed by atoms with E-state index in [4.69, 9.17) is 9.15 Å². The van der Waals surface area contributed by atoms with E-state index < -0.39 is 0 Å². The Morgan fingerprint density at radius 3 is 2.83 bits per heavy atom. The van der Waals surface area contributed by atoms with Crippen LogP contribution < -0.4 is 10.1 Å². The molecule has 0 bridgehead atoms. The average Bonchev–Trinajstić information content (AvgIpc) is 3.24. The third-order valence-corrected chi connectivity index (χ3v) is 4.08. The third-order valence-electron chi connectivity index (χ3n) is 3.32. The molecule has 2 heterocycles. The third kappa shape index (κ3) is 3.98. The van der Waals surface area contributed by atoms with E-state index in [0.29, 0.717) is 23.7 Å². The van der Waals surface area contributed by atoms with Gasteiger partial charge in [0, 0.05) is 11.8 Å². The summed E-state index contributed by atoms with van der Waals surface area (Å²) in [7, 11) is 1.63. The van der Waals surface area contributed by atoms with Gasteiger partial charge in [-0.15, -0.1) is 11.3 Å². The summed E-state index contributed by atoms with van der Waals surface area (Å²) in [6.45, 7) is 0. The second-order valence-corrected chi connectivity index (χ2v) is 5.77. The van der Waals surface area contributed by atoms with Crippen LogP contribution in [0.25, 0.3) is 11.5 Å². The maximum absolute atomic E-state index is 12.0. The van der Waals surface area contributed by atoms with E-state index in [0.717, 1.165) is 17.0 Å². The van der Waals surface area contributed by atoms with Gasteiger partial charge in [0.1, 0.15) is 11.4 Å². The Morgan fingerprint density at radius 2 is 2.13 bits per heavy atom. The Kier molecular flexibility index (Phi) is 4.73. The smallest absolute Gasteiger partial charge is 0.226 e. The fourth-order valence-corrected chi connectivity index (χ4v) is 2.82. The van der Waals surface area contributed by atoms with Crippen molar-refractivity contribution in [2.45, 2.75) is 12.8 Å². The Balaban J connectivity index is 1.53. The SMILES string of the molecule is COc1ccc(CCC(=O)Nc2nc(-c3ccco3)cs2)cc1. The summed E-state index contributed by atoms with van der Waals surface area (Å²) in [5.41, 5.74) is 1.82. The van der Waals surface area contributed by atoms with Gasteiger partial charge in [-0.05, 0) is 36.2 Å². The van der Waals surface area contributed by atoms with E-state index in [1.807, 2.05) is 41.8 Å². The number of nitrogens with one attached hydrogen (secondary N) is 1. The number of thiazole rings is 1. The molecule has 2 aromatic heterocycles. The molecule has 1 aromatic carbocycles. The Morgan fingerprint density at radius 1 is 1.30 bits per heavy atom. The molecule has 0 fully saturated rings. The van der Waals surface area contributed by atoms with Gasteiger partial charge in [0.15, 0.2) is 10.9 Å². The molecule has 0 saturated carbocycles. The number of nitrogens with zero attached hydrogens (tertiary/aromatic N) is 1. The predicted octanol–water partition coefficient (Wildman–Crippen LogP) is 3.98. The average molecular weight is 328 g/mol. The summed E-state index contributed by atoms with van der Waals surface area (Å²) in [5.74, 6) is 1.45. The molecular weight excluding hydrogens is 312 g/mol. The minimum absolute atomic E-state index is 0.0545. The van der Waals surface area contributed by atoms with Crippen LogP contribution >= 0.6 is 11.3 Å². The van der Waals surface area contributed by atoms with Gasteiger partial charge in [-0.2, -0.15) is 0 Å². The van der Waals surface area contributed by atoms with Crippen molar-refractivity contribution >= 4 is 22.4 Å². The van der Waals surface area contributed by atoms with Crippen LogP contribution in [0.4, 0.5) is 5.13 Å². The van der Waals surface area contributed by atoms with Gasteiger partial charge in [0.25, 0.3) is 0 Å². The number of benzene rings is 1. The second-order valence-electron chi connectivity index (χ2n) is 4.91. The van der Waals surface area contributed by atoms with E-state index >= 15 is 0 Å². The van der Waals surface area contributed by atoms with Crippen LogP contribution in [0.15, 0.2) is 52.5 Å². The molecule has 0 spiro atoms. The van der Waals surface area contributed by atoms with Crippen LogP contribution in [0.1, 0.15) is 12.0 Å². The quantitative estimate of drug-likeness (QED) is 0.743. The van der Waals surface area contributed by atoms with Gasteiger partial charge in [0.2, 0.25) is 5.91 Å². The molecule has 0 atom stereocenters. The van der Waals surface area contributed by atoms with Gasteiger partial charge >= 0.3 is 0 Å². The van der Waals surface area contributed by atoms with Crippen LogP contribution in [-0.4, -0.2) is 18.0 Å². The van der Waals surface area contributed by atoms with Crippen LogP contribution in [-0.2, 0) is 11.2 Å². The molecule has 0 radical (unpaired) electrons. The van der Waals surface area contributed by atoms with E-state index in [1.165, 1.54) is 11.3 Å². The number of rotatable bonds is 6.